The third kappa shape index (κ3) is 3.70. The molecule has 0 saturated heterocycles. The van der Waals surface area contributed by atoms with E-state index < -0.39 is 5.97 Å². The predicted molar refractivity (Wildman–Crippen MR) is 110 cm³/mol. The fourth-order valence-electron chi connectivity index (χ4n) is 3.01. The van der Waals surface area contributed by atoms with Crippen molar-refractivity contribution in [3.05, 3.63) is 64.9 Å². The Hall–Kier alpha value is -3.65. The van der Waals surface area contributed by atoms with Crippen molar-refractivity contribution in [2.24, 2.45) is 15.7 Å². The summed E-state index contributed by atoms with van der Waals surface area (Å²) in [5.74, 6) is 0.398. The van der Waals surface area contributed by atoms with Gasteiger partial charge in [0, 0.05) is 6.20 Å². The number of hydrogen-bond acceptors (Lipinski definition) is 4. The zero-order chi connectivity index (χ0) is 20.4. The van der Waals surface area contributed by atoms with Gasteiger partial charge in [0.1, 0.15) is 23.9 Å². The zero-order valence-electron chi connectivity index (χ0n) is 15.1. The molecule has 0 unspecified atom stereocenters. The largest absolute Gasteiger partial charge is 0.491 e. The van der Waals surface area contributed by atoms with E-state index in [-0.39, 0.29) is 11.4 Å². The SMILES string of the molecule is NC=NC(=Nc1ccccc1Cl)c1cn2c(n1)-c1cc(C(=O)O)ccc1OCC2. The molecule has 0 bridgehead atoms. The van der Waals surface area contributed by atoms with Crippen LogP contribution < -0.4 is 10.5 Å². The molecule has 0 spiro atoms. The Morgan fingerprint density at radius 1 is 1.31 bits per heavy atom. The number of nitrogens with zero attached hydrogens (tertiary/aromatic N) is 4. The molecule has 29 heavy (non-hydrogen) atoms. The Morgan fingerprint density at radius 3 is 2.90 bits per heavy atom. The van der Waals surface area contributed by atoms with Crippen LogP contribution >= 0.6 is 11.6 Å². The third-order valence-electron chi connectivity index (χ3n) is 4.34. The molecule has 0 saturated carbocycles. The topological polar surface area (TPSA) is 115 Å². The molecule has 9 heteroatoms. The summed E-state index contributed by atoms with van der Waals surface area (Å²) in [6.07, 6.45) is 2.92. The van der Waals surface area contributed by atoms with E-state index in [2.05, 4.69) is 15.0 Å². The molecule has 1 aliphatic rings. The van der Waals surface area contributed by atoms with Crippen LogP contribution in [0.15, 0.2) is 58.6 Å². The van der Waals surface area contributed by atoms with Crippen molar-refractivity contribution in [2.45, 2.75) is 6.54 Å². The van der Waals surface area contributed by atoms with Crippen molar-refractivity contribution >= 4 is 35.4 Å². The highest BCUT2D eigenvalue weighted by Crippen LogP contribution is 2.33. The van der Waals surface area contributed by atoms with Gasteiger partial charge < -0.3 is 20.1 Å². The number of para-hydroxylation sites is 1. The molecule has 3 aromatic rings. The summed E-state index contributed by atoms with van der Waals surface area (Å²) in [6.45, 7) is 0.949. The molecule has 8 nitrogen and oxygen atoms in total. The number of halogens is 1. The van der Waals surface area contributed by atoms with Gasteiger partial charge in [-0.3, -0.25) is 0 Å². The molecule has 1 aromatic heterocycles. The molecule has 0 aliphatic carbocycles. The number of hydrogen-bond donors (Lipinski definition) is 2. The average Bonchev–Trinajstić information content (AvgIpc) is 3.05. The van der Waals surface area contributed by atoms with Crippen LogP contribution in [0.25, 0.3) is 11.4 Å². The maximum Gasteiger partial charge on any atom is 0.335 e. The summed E-state index contributed by atoms with van der Waals surface area (Å²) >= 11 is 6.20. The van der Waals surface area contributed by atoms with Crippen LogP contribution in [-0.2, 0) is 6.54 Å². The summed E-state index contributed by atoms with van der Waals surface area (Å²) in [5.41, 5.74) is 7.26. The van der Waals surface area contributed by atoms with E-state index in [4.69, 9.17) is 22.1 Å². The molecule has 0 amide bonds. The van der Waals surface area contributed by atoms with Crippen molar-refractivity contribution in [3.8, 4) is 17.1 Å². The minimum atomic E-state index is -1.02. The number of rotatable bonds is 3. The Labute approximate surface area is 171 Å². The number of fused-ring (bicyclic) bond motifs is 3. The van der Waals surface area contributed by atoms with Crippen LogP contribution in [-0.4, -0.2) is 39.4 Å². The highest BCUT2D eigenvalue weighted by Gasteiger charge is 2.21. The highest BCUT2D eigenvalue weighted by atomic mass is 35.5. The lowest BCUT2D eigenvalue weighted by Crippen LogP contribution is -2.05. The number of aromatic nitrogens is 2. The van der Waals surface area contributed by atoms with Crippen molar-refractivity contribution in [1.82, 2.24) is 9.55 Å². The second kappa shape index (κ2) is 7.76. The van der Waals surface area contributed by atoms with Crippen LogP contribution in [0.2, 0.25) is 5.02 Å². The molecule has 0 radical (unpaired) electrons. The van der Waals surface area contributed by atoms with Crippen molar-refractivity contribution < 1.29 is 14.6 Å². The average molecular weight is 410 g/mol. The number of benzene rings is 2. The van der Waals surface area contributed by atoms with E-state index in [9.17, 15) is 9.90 Å². The van der Waals surface area contributed by atoms with Crippen molar-refractivity contribution in [2.75, 3.05) is 6.61 Å². The number of aliphatic imine (C=N–C) groups is 2. The molecule has 4 rings (SSSR count). The van der Waals surface area contributed by atoms with E-state index >= 15 is 0 Å². The van der Waals surface area contributed by atoms with Gasteiger partial charge in [-0.05, 0) is 30.3 Å². The summed E-state index contributed by atoms with van der Waals surface area (Å²) in [6, 6.07) is 11.8. The summed E-state index contributed by atoms with van der Waals surface area (Å²) in [4.78, 5) is 24.7. The van der Waals surface area contributed by atoms with E-state index in [1.165, 1.54) is 6.07 Å². The first kappa shape index (κ1) is 18.7. The first-order chi connectivity index (χ1) is 14.1. The van der Waals surface area contributed by atoms with Crippen LogP contribution in [0.1, 0.15) is 16.1 Å². The van der Waals surface area contributed by atoms with Crippen molar-refractivity contribution in [3.63, 3.8) is 0 Å². The van der Waals surface area contributed by atoms with Crippen LogP contribution in [0, 0.1) is 0 Å². The molecule has 146 valence electrons. The zero-order valence-corrected chi connectivity index (χ0v) is 15.9. The van der Waals surface area contributed by atoms with Gasteiger partial charge in [0.2, 0.25) is 0 Å². The van der Waals surface area contributed by atoms with Gasteiger partial charge >= 0.3 is 5.97 Å². The highest BCUT2D eigenvalue weighted by molar-refractivity contribution is 6.33. The molecule has 0 atom stereocenters. The molecule has 2 heterocycles. The van der Waals surface area contributed by atoms with Gasteiger partial charge in [0.05, 0.1) is 34.7 Å². The quantitative estimate of drug-likeness (QED) is 0.508. The summed E-state index contributed by atoms with van der Waals surface area (Å²) in [5, 5.41) is 9.80. The number of carbonyl (C=O) groups is 1. The molecule has 2 aromatic carbocycles. The molecular weight excluding hydrogens is 394 g/mol. The van der Waals surface area contributed by atoms with E-state index in [0.717, 1.165) is 6.34 Å². The normalized spacial score (nSPS) is 13.5. The number of amidine groups is 1. The number of nitrogens with two attached hydrogens (primary N) is 1. The van der Waals surface area contributed by atoms with Crippen LogP contribution in [0.5, 0.6) is 5.75 Å². The first-order valence-corrected chi connectivity index (χ1v) is 9.10. The van der Waals surface area contributed by atoms with E-state index in [1.54, 1.807) is 30.5 Å². The van der Waals surface area contributed by atoms with Gasteiger partial charge in [-0.15, -0.1) is 0 Å². The Balaban J connectivity index is 1.84. The molecule has 1 aliphatic heterocycles. The fourth-order valence-corrected chi connectivity index (χ4v) is 3.18. The second-order valence-corrected chi connectivity index (χ2v) is 6.58. The number of carboxylic acids is 1. The number of ether oxygens (including phenoxy) is 1. The fraction of sp³-hybridized carbons (Fsp3) is 0.100. The minimum absolute atomic E-state index is 0.148. The predicted octanol–water partition coefficient (Wildman–Crippen LogP) is 3.36. The Bertz CT molecular complexity index is 1150. The summed E-state index contributed by atoms with van der Waals surface area (Å²) in [7, 11) is 0. The van der Waals surface area contributed by atoms with Gasteiger partial charge in [-0.25, -0.2) is 19.8 Å². The van der Waals surface area contributed by atoms with E-state index in [1.807, 2.05) is 16.7 Å². The van der Waals surface area contributed by atoms with Gasteiger partial charge in [0.25, 0.3) is 0 Å². The molecule has 0 fully saturated rings. The van der Waals surface area contributed by atoms with Crippen LogP contribution in [0.4, 0.5) is 5.69 Å². The van der Waals surface area contributed by atoms with Crippen molar-refractivity contribution in [1.29, 1.82) is 0 Å². The standard InChI is InChI=1S/C20H16ClN5O3/c21-14-3-1-2-4-15(14)24-18(23-11-22)16-10-26-7-8-29-17-6-5-12(20(27)28)9-13(17)19(26)25-16/h1-6,9-11H,7-8H2,(H,27,28)(H2,22,23,24). The first-order valence-electron chi connectivity index (χ1n) is 8.72. The third-order valence-corrected chi connectivity index (χ3v) is 4.66. The van der Waals surface area contributed by atoms with Gasteiger partial charge in [0.15, 0.2) is 5.84 Å². The molecular formula is C20H16ClN5O3. The second-order valence-electron chi connectivity index (χ2n) is 6.17. The Morgan fingerprint density at radius 2 is 2.14 bits per heavy atom. The lowest BCUT2D eigenvalue weighted by molar-refractivity contribution is 0.0697. The minimum Gasteiger partial charge on any atom is -0.491 e. The number of aromatic carboxylic acids is 1. The monoisotopic (exact) mass is 409 g/mol. The lowest BCUT2D eigenvalue weighted by Gasteiger charge is -2.07. The maximum absolute atomic E-state index is 11.4. The number of imidazole rings is 1. The smallest absolute Gasteiger partial charge is 0.335 e. The van der Waals surface area contributed by atoms with Gasteiger partial charge in [-0.2, -0.15) is 0 Å². The van der Waals surface area contributed by atoms with Crippen LogP contribution in [0.3, 0.4) is 0 Å². The summed E-state index contributed by atoms with van der Waals surface area (Å²) < 4.78 is 7.61. The lowest BCUT2D eigenvalue weighted by atomic mass is 10.1. The molecule has 3 N–H and O–H groups in total. The Kier molecular flexibility index (Phi) is 5.01. The maximum atomic E-state index is 11.4. The van der Waals surface area contributed by atoms with E-state index in [0.29, 0.717) is 46.7 Å². The van der Waals surface area contributed by atoms with Gasteiger partial charge in [-0.1, -0.05) is 23.7 Å². The number of carboxylic acid groups (broad SMARTS) is 1.